The van der Waals surface area contributed by atoms with Crippen LogP contribution in [0.2, 0.25) is 0 Å². The minimum Gasteiger partial charge on any atom is -0.497 e. The fourth-order valence-electron chi connectivity index (χ4n) is 3.09. The van der Waals surface area contributed by atoms with Gasteiger partial charge in [0.2, 0.25) is 0 Å². The van der Waals surface area contributed by atoms with Crippen LogP contribution in [0.25, 0.3) is 0 Å². The molecule has 0 unspecified atom stereocenters. The van der Waals surface area contributed by atoms with Crippen LogP contribution < -0.4 is 14.8 Å². The second-order valence-electron chi connectivity index (χ2n) is 6.24. The van der Waals surface area contributed by atoms with E-state index in [1.165, 1.54) is 5.56 Å². The predicted octanol–water partition coefficient (Wildman–Crippen LogP) is 3.05. The van der Waals surface area contributed by atoms with E-state index in [0.717, 1.165) is 36.8 Å². The molecule has 0 bridgehead atoms. The zero-order valence-corrected chi connectivity index (χ0v) is 15.3. The molecule has 6 heteroatoms. The van der Waals surface area contributed by atoms with Crippen molar-refractivity contribution in [2.75, 3.05) is 45.7 Å². The first-order valence-electron chi connectivity index (χ1n) is 8.74. The number of hydrogen-bond acceptors (Lipinski definition) is 4. The van der Waals surface area contributed by atoms with Crippen LogP contribution in [0, 0.1) is 0 Å². The molecular weight excluding hydrogens is 330 g/mol. The number of carbonyl (C=O) groups excluding carboxylic acids is 1. The van der Waals surface area contributed by atoms with Gasteiger partial charge in [0.15, 0.2) is 0 Å². The Morgan fingerprint density at radius 2 is 1.77 bits per heavy atom. The topological polar surface area (TPSA) is 54.0 Å². The molecule has 0 radical (unpaired) electrons. The van der Waals surface area contributed by atoms with Crippen LogP contribution in [0.1, 0.15) is 5.56 Å². The van der Waals surface area contributed by atoms with Crippen LogP contribution in [-0.4, -0.2) is 56.2 Å². The molecule has 1 N–H and O–H groups in total. The Hall–Kier alpha value is -2.73. The monoisotopic (exact) mass is 355 g/mol. The van der Waals surface area contributed by atoms with Gasteiger partial charge >= 0.3 is 6.03 Å². The number of benzene rings is 2. The lowest BCUT2D eigenvalue weighted by Crippen LogP contribution is -2.49. The number of ether oxygens (including phenoxy) is 2. The number of anilines is 1. The molecule has 1 aliphatic rings. The molecule has 6 nitrogen and oxygen atoms in total. The van der Waals surface area contributed by atoms with E-state index in [-0.39, 0.29) is 6.03 Å². The highest BCUT2D eigenvalue weighted by molar-refractivity contribution is 5.89. The quantitative estimate of drug-likeness (QED) is 0.896. The Kier molecular flexibility index (Phi) is 5.96. The summed E-state index contributed by atoms with van der Waals surface area (Å²) in [5, 5.41) is 2.94. The first-order valence-corrected chi connectivity index (χ1v) is 8.74. The number of para-hydroxylation sites is 1. The second-order valence-corrected chi connectivity index (χ2v) is 6.24. The van der Waals surface area contributed by atoms with E-state index in [4.69, 9.17) is 9.47 Å². The van der Waals surface area contributed by atoms with E-state index in [9.17, 15) is 4.79 Å². The molecule has 1 saturated heterocycles. The maximum Gasteiger partial charge on any atom is 0.321 e. The number of nitrogens with zero attached hydrogens (tertiary/aromatic N) is 2. The fraction of sp³-hybridized carbons (Fsp3) is 0.350. The first-order chi connectivity index (χ1) is 12.7. The van der Waals surface area contributed by atoms with Gasteiger partial charge in [-0.05, 0) is 18.2 Å². The third-order valence-corrected chi connectivity index (χ3v) is 4.57. The molecule has 0 saturated carbocycles. The molecule has 3 rings (SSSR count). The largest absolute Gasteiger partial charge is 0.497 e. The third-order valence-electron chi connectivity index (χ3n) is 4.57. The van der Waals surface area contributed by atoms with Crippen molar-refractivity contribution in [3.63, 3.8) is 0 Å². The molecule has 138 valence electrons. The Morgan fingerprint density at radius 3 is 2.50 bits per heavy atom. The number of piperazine rings is 1. The standard InChI is InChI=1S/C20H25N3O3/c1-25-18-8-5-7-17(14-18)21-20(24)23-12-10-22(11-13-23)15-16-6-3-4-9-19(16)26-2/h3-9,14H,10-13,15H2,1-2H3,(H,21,24). The Morgan fingerprint density at radius 1 is 1.00 bits per heavy atom. The van der Waals surface area contributed by atoms with Gasteiger partial charge in [0, 0.05) is 50.0 Å². The van der Waals surface area contributed by atoms with Crippen LogP contribution in [0.15, 0.2) is 48.5 Å². The summed E-state index contributed by atoms with van der Waals surface area (Å²) in [5.41, 5.74) is 1.91. The van der Waals surface area contributed by atoms with Crippen molar-refractivity contribution in [1.82, 2.24) is 9.80 Å². The summed E-state index contributed by atoms with van der Waals surface area (Å²) in [5.74, 6) is 1.63. The highest BCUT2D eigenvalue weighted by Gasteiger charge is 2.21. The zero-order chi connectivity index (χ0) is 18.4. The van der Waals surface area contributed by atoms with Crippen molar-refractivity contribution in [2.45, 2.75) is 6.54 Å². The van der Waals surface area contributed by atoms with Gasteiger partial charge in [-0.2, -0.15) is 0 Å². The highest BCUT2D eigenvalue weighted by atomic mass is 16.5. The van der Waals surface area contributed by atoms with Crippen molar-refractivity contribution in [2.24, 2.45) is 0 Å². The summed E-state index contributed by atoms with van der Waals surface area (Å²) in [6, 6.07) is 15.4. The fourth-order valence-corrected chi connectivity index (χ4v) is 3.09. The normalized spacial score (nSPS) is 14.8. The summed E-state index contributed by atoms with van der Waals surface area (Å²) < 4.78 is 10.6. The van der Waals surface area contributed by atoms with E-state index < -0.39 is 0 Å². The van der Waals surface area contributed by atoms with E-state index in [1.54, 1.807) is 14.2 Å². The van der Waals surface area contributed by atoms with E-state index in [1.807, 2.05) is 47.4 Å². The Balaban J connectivity index is 1.52. The number of amides is 2. The molecule has 2 aromatic rings. The predicted molar refractivity (Wildman–Crippen MR) is 102 cm³/mol. The van der Waals surface area contributed by atoms with E-state index in [2.05, 4.69) is 16.3 Å². The van der Waals surface area contributed by atoms with Crippen LogP contribution in [0.3, 0.4) is 0 Å². The maximum atomic E-state index is 12.5. The smallest absolute Gasteiger partial charge is 0.321 e. The minimum atomic E-state index is -0.0739. The summed E-state index contributed by atoms with van der Waals surface area (Å²) in [4.78, 5) is 16.7. The zero-order valence-electron chi connectivity index (χ0n) is 15.3. The van der Waals surface area contributed by atoms with Gasteiger partial charge in [-0.1, -0.05) is 24.3 Å². The van der Waals surface area contributed by atoms with Gasteiger partial charge in [0.05, 0.1) is 14.2 Å². The summed E-state index contributed by atoms with van der Waals surface area (Å²) in [7, 11) is 3.31. The van der Waals surface area contributed by atoms with Gasteiger partial charge in [-0.3, -0.25) is 4.90 Å². The summed E-state index contributed by atoms with van der Waals surface area (Å²) in [6.07, 6.45) is 0. The highest BCUT2D eigenvalue weighted by Crippen LogP contribution is 2.20. The number of methoxy groups -OCH3 is 2. The minimum absolute atomic E-state index is 0.0739. The van der Waals surface area contributed by atoms with Crippen LogP contribution >= 0.6 is 0 Å². The second kappa shape index (κ2) is 8.58. The molecular formula is C20H25N3O3. The van der Waals surface area contributed by atoms with Gasteiger partial charge in [0.25, 0.3) is 0 Å². The number of rotatable bonds is 5. The lowest BCUT2D eigenvalue weighted by Gasteiger charge is -2.34. The number of carbonyl (C=O) groups is 1. The van der Waals surface area contributed by atoms with Gasteiger partial charge < -0.3 is 19.7 Å². The van der Waals surface area contributed by atoms with E-state index >= 15 is 0 Å². The molecule has 1 fully saturated rings. The Labute approximate surface area is 154 Å². The molecule has 0 spiro atoms. The average molecular weight is 355 g/mol. The molecule has 2 aromatic carbocycles. The first kappa shape index (κ1) is 18.1. The molecule has 2 amide bonds. The van der Waals surface area contributed by atoms with Gasteiger partial charge in [0.1, 0.15) is 11.5 Å². The number of hydrogen-bond donors (Lipinski definition) is 1. The van der Waals surface area contributed by atoms with Crippen molar-refractivity contribution in [3.05, 3.63) is 54.1 Å². The van der Waals surface area contributed by atoms with Crippen LogP contribution in [-0.2, 0) is 6.54 Å². The van der Waals surface area contributed by atoms with E-state index in [0.29, 0.717) is 13.1 Å². The molecule has 26 heavy (non-hydrogen) atoms. The Bertz CT molecular complexity index is 743. The van der Waals surface area contributed by atoms with Crippen LogP contribution in [0.4, 0.5) is 10.5 Å². The molecule has 0 atom stereocenters. The third kappa shape index (κ3) is 4.46. The molecule has 1 aliphatic heterocycles. The SMILES string of the molecule is COc1cccc(NC(=O)N2CCN(Cc3ccccc3OC)CC2)c1. The molecule has 0 aromatic heterocycles. The lowest BCUT2D eigenvalue weighted by molar-refractivity contribution is 0.142. The number of nitrogens with one attached hydrogen (secondary N) is 1. The van der Waals surface area contributed by atoms with Crippen molar-refractivity contribution in [1.29, 1.82) is 0 Å². The summed E-state index contributed by atoms with van der Waals surface area (Å²) in [6.45, 7) is 3.90. The molecule has 1 heterocycles. The van der Waals surface area contributed by atoms with Crippen molar-refractivity contribution in [3.8, 4) is 11.5 Å². The van der Waals surface area contributed by atoms with Gasteiger partial charge in [-0.15, -0.1) is 0 Å². The van der Waals surface area contributed by atoms with Crippen molar-refractivity contribution < 1.29 is 14.3 Å². The van der Waals surface area contributed by atoms with Crippen molar-refractivity contribution >= 4 is 11.7 Å². The number of urea groups is 1. The maximum absolute atomic E-state index is 12.5. The van der Waals surface area contributed by atoms with Gasteiger partial charge in [-0.25, -0.2) is 4.79 Å². The lowest BCUT2D eigenvalue weighted by atomic mass is 10.1. The summed E-state index contributed by atoms with van der Waals surface area (Å²) >= 11 is 0. The van der Waals surface area contributed by atoms with Crippen LogP contribution in [0.5, 0.6) is 11.5 Å². The molecule has 0 aliphatic carbocycles. The average Bonchev–Trinajstić information content (AvgIpc) is 2.69.